The number of aromatic nitrogens is 4. The quantitative estimate of drug-likeness (QED) is 0.817. The van der Waals surface area contributed by atoms with E-state index >= 15 is 0 Å². The second kappa shape index (κ2) is 5.89. The molecule has 0 spiro atoms. The lowest BCUT2D eigenvalue weighted by Gasteiger charge is -2.07. The van der Waals surface area contributed by atoms with Gasteiger partial charge in [-0.05, 0) is 17.7 Å². The minimum absolute atomic E-state index is 0.108. The van der Waals surface area contributed by atoms with Crippen LogP contribution in [0, 0.1) is 0 Å². The van der Waals surface area contributed by atoms with Crippen molar-refractivity contribution in [1.29, 1.82) is 0 Å². The number of pyridine rings is 1. The number of hydrogen-bond acceptors (Lipinski definition) is 8. The lowest BCUT2D eigenvalue weighted by Crippen LogP contribution is -2.13. The third kappa shape index (κ3) is 3.58. The van der Waals surface area contributed by atoms with E-state index in [2.05, 4.69) is 29.8 Å². The molecule has 0 bridgehead atoms. The smallest absolute Gasteiger partial charge is 0.263 e. The Morgan fingerprint density at radius 2 is 2.26 bits per heavy atom. The maximum Gasteiger partial charge on any atom is 0.263 e. The molecule has 0 saturated carbocycles. The van der Waals surface area contributed by atoms with Gasteiger partial charge in [0.2, 0.25) is 5.13 Å². The Balaban J connectivity index is 2.20. The topological polar surface area (TPSA) is 110 Å². The Hall–Kier alpha value is -1.81. The molecule has 0 atom stereocenters. The molecule has 0 aromatic carbocycles. The first-order chi connectivity index (χ1) is 9.12. The molecule has 2 N–H and O–H groups in total. The fourth-order valence-electron chi connectivity index (χ4n) is 1.28. The van der Waals surface area contributed by atoms with Crippen LogP contribution in [-0.4, -0.2) is 34.7 Å². The van der Waals surface area contributed by atoms with E-state index in [1.54, 1.807) is 0 Å². The first-order valence-electron chi connectivity index (χ1n) is 5.49. The van der Waals surface area contributed by atoms with Crippen LogP contribution in [-0.2, 0) is 10.0 Å². The van der Waals surface area contributed by atoms with Crippen molar-refractivity contribution < 1.29 is 8.42 Å². The third-order valence-electron chi connectivity index (χ3n) is 2.12. The van der Waals surface area contributed by atoms with Crippen LogP contribution in [0.4, 0.5) is 10.9 Å². The fraction of sp³-hybridized carbons (Fsp3) is 0.333. The zero-order valence-electron chi connectivity index (χ0n) is 10.1. The molecular weight excluding hydrogens is 288 g/mol. The van der Waals surface area contributed by atoms with Crippen molar-refractivity contribution in [3.63, 3.8) is 0 Å². The SMILES string of the molecule is CCCNc1cc(S(=O)(=O)Nc2nnns2)ccn1. The van der Waals surface area contributed by atoms with Crippen LogP contribution in [0.2, 0.25) is 0 Å². The molecule has 8 nitrogen and oxygen atoms in total. The van der Waals surface area contributed by atoms with E-state index in [0.29, 0.717) is 5.82 Å². The van der Waals surface area contributed by atoms with Gasteiger partial charge in [-0.1, -0.05) is 16.5 Å². The Morgan fingerprint density at radius 1 is 1.42 bits per heavy atom. The zero-order valence-corrected chi connectivity index (χ0v) is 11.7. The third-order valence-corrected chi connectivity index (χ3v) is 4.10. The van der Waals surface area contributed by atoms with Gasteiger partial charge in [0.15, 0.2) is 0 Å². The molecular formula is C9H12N6O2S2. The Kier molecular flexibility index (Phi) is 4.22. The van der Waals surface area contributed by atoms with E-state index in [1.165, 1.54) is 18.3 Å². The van der Waals surface area contributed by atoms with Gasteiger partial charge in [-0.3, -0.25) is 4.72 Å². The molecule has 2 rings (SSSR count). The molecule has 0 aliphatic carbocycles. The van der Waals surface area contributed by atoms with Gasteiger partial charge in [-0.25, -0.2) is 13.4 Å². The Morgan fingerprint density at radius 3 is 2.95 bits per heavy atom. The van der Waals surface area contributed by atoms with E-state index in [-0.39, 0.29) is 10.0 Å². The Bertz CT molecular complexity index is 628. The second-order valence-electron chi connectivity index (χ2n) is 3.58. The number of sulfonamides is 1. The van der Waals surface area contributed by atoms with E-state index in [1.807, 2.05) is 6.92 Å². The van der Waals surface area contributed by atoms with Crippen molar-refractivity contribution in [2.75, 3.05) is 16.6 Å². The number of nitrogens with one attached hydrogen (secondary N) is 2. The molecule has 0 fully saturated rings. The highest BCUT2D eigenvalue weighted by molar-refractivity contribution is 7.93. The standard InChI is InChI=1S/C9H12N6O2S2/c1-2-4-10-8-6-7(3-5-11-8)19(16,17)13-9-12-14-15-18-9/h3,5-6H,2,4H2,1H3,(H,10,11)(H,12,13,15). The molecule has 0 amide bonds. The predicted octanol–water partition coefficient (Wildman–Crippen LogP) is 0.951. The van der Waals surface area contributed by atoms with Gasteiger partial charge < -0.3 is 5.32 Å². The molecule has 0 aliphatic rings. The fourth-order valence-corrected chi connectivity index (χ4v) is 2.87. The maximum absolute atomic E-state index is 12.1. The summed E-state index contributed by atoms with van der Waals surface area (Å²) in [6.45, 7) is 2.74. The van der Waals surface area contributed by atoms with Crippen molar-refractivity contribution in [2.45, 2.75) is 18.2 Å². The molecule has 0 aliphatic heterocycles. The molecule has 0 saturated heterocycles. The predicted molar refractivity (Wildman–Crippen MR) is 71.5 cm³/mol. The van der Waals surface area contributed by atoms with E-state index in [4.69, 9.17) is 0 Å². The van der Waals surface area contributed by atoms with Crippen molar-refractivity contribution in [2.24, 2.45) is 0 Å². The van der Waals surface area contributed by atoms with Crippen LogP contribution in [0.1, 0.15) is 13.3 Å². The summed E-state index contributed by atoms with van der Waals surface area (Å²) in [5.74, 6) is 0.514. The van der Waals surface area contributed by atoms with Crippen molar-refractivity contribution in [3.8, 4) is 0 Å². The number of anilines is 2. The lowest BCUT2D eigenvalue weighted by molar-refractivity contribution is 0.601. The average Bonchev–Trinajstić information content (AvgIpc) is 2.89. The first-order valence-corrected chi connectivity index (χ1v) is 7.75. The van der Waals surface area contributed by atoms with Gasteiger partial charge >= 0.3 is 0 Å². The first kappa shape index (κ1) is 13.6. The van der Waals surface area contributed by atoms with Crippen LogP contribution in [0.5, 0.6) is 0 Å². The zero-order chi connectivity index (χ0) is 13.7. The second-order valence-corrected chi connectivity index (χ2v) is 5.99. The summed E-state index contributed by atoms with van der Waals surface area (Å²) in [4.78, 5) is 4.15. The summed E-state index contributed by atoms with van der Waals surface area (Å²) in [7, 11) is -3.69. The van der Waals surface area contributed by atoms with Gasteiger partial charge in [0.05, 0.1) is 4.90 Å². The van der Waals surface area contributed by atoms with E-state index < -0.39 is 10.0 Å². The monoisotopic (exact) mass is 300 g/mol. The Labute approximate surface area is 114 Å². The van der Waals surface area contributed by atoms with Crippen LogP contribution in [0.3, 0.4) is 0 Å². The highest BCUT2D eigenvalue weighted by Crippen LogP contribution is 2.17. The van der Waals surface area contributed by atoms with Crippen LogP contribution in [0.25, 0.3) is 0 Å². The highest BCUT2D eigenvalue weighted by atomic mass is 32.2. The summed E-state index contributed by atoms with van der Waals surface area (Å²) in [6, 6.07) is 2.88. The molecule has 10 heteroatoms. The van der Waals surface area contributed by atoms with Crippen LogP contribution in [0.15, 0.2) is 23.2 Å². The van der Waals surface area contributed by atoms with Crippen molar-refractivity contribution in [3.05, 3.63) is 18.3 Å². The summed E-state index contributed by atoms with van der Waals surface area (Å²) >= 11 is 0.869. The summed E-state index contributed by atoms with van der Waals surface area (Å²) in [5, 5.41) is 10.0. The average molecular weight is 300 g/mol. The molecule has 0 unspecified atom stereocenters. The van der Waals surface area contributed by atoms with Gasteiger partial charge in [0.25, 0.3) is 10.0 Å². The van der Waals surface area contributed by atoms with Gasteiger partial charge in [0, 0.05) is 30.3 Å². The minimum Gasteiger partial charge on any atom is -0.370 e. The largest absolute Gasteiger partial charge is 0.370 e. The molecule has 2 heterocycles. The molecule has 2 aromatic heterocycles. The number of hydrogen-bond donors (Lipinski definition) is 2. The highest BCUT2D eigenvalue weighted by Gasteiger charge is 2.16. The lowest BCUT2D eigenvalue weighted by atomic mass is 10.4. The van der Waals surface area contributed by atoms with Crippen LogP contribution >= 0.6 is 11.5 Å². The summed E-state index contributed by atoms with van der Waals surface area (Å²) < 4.78 is 29.9. The number of nitrogens with zero attached hydrogens (tertiary/aromatic N) is 4. The minimum atomic E-state index is -3.69. The van der Waals surface area contributed by atoms with E-state index in [0.717, 1.165) is 24.5 Å². The van der Waals surface area contributed by atoms with Crippen molar-refractivity contribution in [1.82, 2.24) is 19.8 Å². The summed E-state index contributed by atoms with van der Waals surface area (Å²) in [5.41, 5.74) is 0. The molecule has 2 aromatic rings. The maximum atomic E-state index is 12.1. The van der Waals surface area contributed by atoms with Crippen molar-refractivity contribution >= 4 is 32.5 Å². The van der Waals surface area contributed by atoms with Gasteiger partial charge in [-0.2, -0.15) is 0 Å². The van der Waals surface area contributed by atoms with Crippen LogP contribution < -0.4 is 10.0 Å². The molecule has 0 radical (unpaired) electrons. The molecule has 102 valence electrons. The normalized spacial score (nSPS) is 11.2. The van der Waals surface area contributed by atoms with Gasteiger partial charge in [-0.15, -0.1) is 0 Å². The van der Waals surface area contributed by atoms with E-state index in [9.17, 15) is 8.42 Å². The summed E-state index contributed by atoms with van der Waals surface area (Å²) in [6.07, 6.45) is 2.36. The van der Waals surface area contributed by atoms with Gasteiger partial charge in [0.1, 0.15) is 5.82 Å². The number of rotatable bonds is 6. The molecule has 19 heavy (non-hydrogen) atoms.